The van der Waals surface area contributed by atoms with Gasteiger partial charge in [0.15, 0.2) is 0 Å². The van der Waals surface area contributed by atoms with Gasteiger partial charge >= 0.3 is 0 Å². The standard InChI is InChI=1S/C24H30ClN5O2/c1-17(24(31)29-23-10-7-21(25)15-28-23)30-11-3-4-19(16-30)20(12-26)14-27-13-18-5-8-22(32-2)9-6-18/h5-10,12,14-15,17,19H,3-4,11,13,16,26H2,1-2H3,(H,28,29,31)/b20-12+,27-14?/t17-,19?/m0/s1. The molecule has 1 aliphatic rings. The summed E-state index contributed by atoms with van der Waals surface area (Å²) in [7, 11) is 1.65. The van der Waals surface area contributed by atoms with Crippen molar-refractivity contribution in [2.24, 2.45) is 16.6 Å². The fourth-order valence-electron chi connectivity index (χ4n) is 3.75. The van der Waals surface area contributed by atoms with Crippen LogP contribution in [0.4, 0.5) is 5.82 Å². The van der Waals surface area contributed by atoms with Crippen molar-refractivity contribution >= 4 is 29.5 Å². The number of aromatic nitrogens is 1. The van der Waals surface area contributed by atoms with Crippen LogP contribution in [0.5, 0.6) is 5.75 Å². The zero-order chi connectivity index (χ0) is 22.9. The van der Waals surface area contributed by atoms with E-state index in [0.717, 1.165) is 42.8 Å². The van der Waals surface area contributed by atoms with E-state index in [-0.39, 0.29) is 17.9 Å². The number of nitrogens with two attached hydrogens (primary N) is 1. The van der Waals surface area contributed by atoms with Gasteiger partial charge in [-0.1, -0.05) is 23.7 Å². The van der Waals surface area contributed by atoms with Crippen LogP contribution < -0.4 is 15.8 Å². The number of hydrogen-bond acceptors (Lipinski definition) is 6. The Morgan fingerprint density at radius 1 is 1.38 bits per heavy atom. The van der Waals surface area contributed by atoms with Gasteiger partial charge in [-0.05, 0) is 73.8 Å². The normalized spacial score (nSPS) is 18.5. The van der Waals surface area contributed by atoms with Crippen molar-refractivity contribution < 1.29 is 9.53 Å². The maximum atomic E-state index is 12.7. The number of carbonyl (C=O) groups excluding carboxylic acids is 1. The number of benzene rings is 1. The average Bonchev–Trinajstić information content (AvgIpc) is 2.83. The van der Waals surface area contributed by atoms with E-state index < -0.39 is 0 Å². The highest BCUT2D eigenvalue weighted by Gasteiger charge is 2.28. The van der Waals surface area contributed by atoms with Crippen LogP contribution in [-0.2, 0) is 11.3 Å². The molecule has 1 saturated heterocycles. The minimum absolute atomic E-state index is 0.0908. The van der Waals surface area contributed by atoms with Gasteiger partial charge in [0.2, 0.25) is 5.91 Å². The summed E-state index contributed by atoms with van der Waals surface area (Å²) in [5, 5.41) is 3.39. The third-order valence-corrected chi connectivity index (χ3v) is 5.92. The van der Waals surface area contributed by atoms with E-state index in [1.807, 2.05) is 37.4 Å². The molecule has 0 spiro atoms. The number of nitrogens with one attached hydrogen (secondary N) is 1. The fourth-order valence-corrected chi connectivity index (χ4v) is 3.86. The number of amides is 1. The van der Waals surface area contributed by atoms with Crippen LogP contribution in [0.2, 0.25) is 5.02 Å². The van der Waals surface area contributed by atoms with E-state index in [9.17, 15) is 4.79 Å². The topological polar surface area (TPSA) is 92.8 Å². The predicted molar refractivity (Wildman–Crippen MR) is 129 cm³/mol. The molecule has 1 aromatic heterocycles. The summed E-state index contributed by atoms with van der Waals surface area (Å²) < 4.78 is 5.19. The van der Waals surface area contributed by atoms with Gasteiger partial charge < -0.3 is 15.8 Å². The Morgan fingerprint density at radius 3 is 2.81 bits per heavy atom. The molecule has 7 nitrogen and oxygen atoms in total. The molecule has 3 rings (SSSR count). The van der Waals surface area contributed by atoms with Gasteiger partial charge in [-0.25, -0.2) is 4.98 Å². The molecule has 32 heavy (non-hydrogen) atoms. The van der Waals surface area contributed by atoms with Crippen LogP contribution in [0.3, 0.4) is 0 Å². The molecule has 0 aliphatic carbocycles. The Labute approximate surface area is 194 Å². The van der Waals surface area contributed by atoms with Crippen molar-refractivity contribution in [2.75, 3.05) is 25.5 Å². The molecule has 1 aromatic carbocycles. The number of hydrogen-bond donors (Lipinski definition) is 2. The summed E-state index contributed by atoms with van der Waals surface area (Å²) in [5.74, 6) is 1.46. The Balaban J connectivity index is 1.56. The number of likely N-dealkylation sites (tertiary alicyclic amines) is 1. The van der Waals surface area contributed by atoms with E-state index in [2.05, 4.69) is 20.2 Å². The maximum absolute atomic E-state index is 12.7. The maximum Gasteiger partial charge on any atom is 0.242 e. The number of rotatable bonds is 8. The van der Waals surface area contributed by atoms with Gasteiger partial charge in [-0.3, -0.25) is 14.7 Å². The minimum Gasteiger partial charge on any atom is -0.497 e. The van der Waals surface area contributed by atoms with Gasteiger partial charge in [0.25, 0.3) is 0 Å². The summed E-state index contributed by atoms with van der Waals surface area (Å²) in [6, 6.07) is 11.0. The van der Waals surface area contributed by atoms with Crippen LogP contribution >= 0.6 is 11.6 Å². The highest BCUT2D eigenvalue weighted by Crippen LogP contribution is 2.24. The SMILES string of the molecule is COc1ccc(CN=C/C(=C\N)C2CCCN([C@@H](C)C(=O)Nc3ccc(Cl)cn3)C2)cc1. The first-order valence-corrected chi connectivity index (χ1v) is 11.1. The lowest BCUT2D eigenvalue weighted by Crippen LogP contribution is -2.47. The molecule has 1 amide bonds. The highest BCUT2D eigenvalue weighted by molar-refractivity contribution is 6.30. The minimum atomic E-state index is -0.287. The van der Waals surface area contributed by atoms with Crippen LogP contribution in [0.25, 0.3) is 0 Å². The summed E-state index contributed by atoms with van der Waals surface area (Å²) in [4.78, 5) is 23.6. The van der Waals surface area contributed by atoms with Crippen molar-refractivity contribution in [3.05, 3.63) is 65.0 Å². The van der Waals surface area contributed by atoms with Crippen molar-refractivity contribution in [1.82, 2.24) is 9.88 Å². The van der Waals surface area contributed by atoms with Gasteiger partial charge in [0.1, 0.15) is 11.6 Å². The molecule has 0 saturated carbocycles. The zero-order valence-corrected chi connectivity index (χ0v) is 19.3. The number of halogens is 1. The van der Waals surface area contributed by atoms with Crippen LogP contribution in [-0.4, -0.2) is 48.2 Å². The van der Waals surface area contributed by atoms with Crippen molar-refractivity contribution in [3.8, 4) is 5.75 Å². The van der Waals surface area contributed by atoms with Gasteiger partial charge in [-0.15, -0.1) is 0 Å². The number of piperidine rings is 1. The molecule has 2 heterocycles. The lowest BCUT2D eigenvalue weighted by Gasteiger charge is -2.36. The summed E-state index contributed by atoms with van der Waals surface area (Å²) >= 11 is 5.86. The van der Waals surface area contributed by atoms with Crippen molar-refractivity contribution in [1.29, 1.82) is 0 Å². The molecule has 0 bridgehead atoms. The van der Waals surface area contributed by atoms with E-state index in [1.165, 1.54) is 6.20 Å². The molecule has 1 fully saturated rings. The Hall–Kier alpha value is -2.90. The zero-order valence-electron chi connectivity index (χ0n) is 18.5. The fraction of sp³-hybridized carbons (Fsp3) is 0.375. The Morgan fingerprint density at radius 2 is 2.16 bits per heavy atom. The number of nitrogens with zero attached hydrogens (tertiary/aromatic N) is 3. The van der Waals surface area contributed by atoms with Crippen LogP contribution in [0.1, 0.15) is 25.3 Å². The summed E-state index contributed by atoms with van der Waals surface area (Å²) in [6.45, 7) is 4.10. The summed E-state index contributed by atoms with van der Waals surface area (Å²) in [5.41, 5.74) is 8.03. The number of pyridine rings is 1. The number of carbonyl (C=O) groups is 1. The molecule has 0 radical (unpaired) electrons. The Kier molecular flexibility index (Phi) is 8.64. The van der Waals surface area contributed by atoms with E-state index in [4.69, 9.17) is 22.1 Å². The number of methoxy groups -OCH3 is 1. The summed E-state index contributed by atoms with van der Waals surface area (Å²) in [6.07, 6.45) is 7.02. The van der Waals surface area contributed by atoms with Gasteiger partial charge in [0, 0.05) is 19.0 Å². The molecule has 1 aliphatic heterocycles. The lowest BCUT2D eigenvalue weighted by atomic mass is 9.90. The molecule has 170 valence electrons. The van der Waals surface area contributed by atoms with Crippen molar-refractivity contribution in [3.63, 3.8) is 0 Å². The monoisotopic (exact) mass is 455 g/mol. The smallest absolute Gasteiger partial charge is 0.242 e. The number of aliphatic imine (C=N–C) groups is 1. The van der Waals surface area contributed by atoms with Crippen molar-refractivity contribution in [2.45, 2.75) is 32.4 Å². The first kappa shape index (κ1) is 23.8. The first-order chi connectivity index (χ1) is 15.5. The quantitative estimate of drug-likeness (QED) is 0.589. The second kappa shape index (κ2) is 11.6. The van der Waals surface area contributed by atoms with Gasteiger partial charge in [-0.2, -0.15) is 0 Å². The third-order valence-electron chi connectivity index (χ3n) is 5.70. The molecule has 1 unspecified atom stereocenters. The predicted octanol–water partition coefficient (Wildman–Crippen LogP) is 3.90. The first-order valence-electron chi connectivity index (χ1n) is 10.7. The van der Waals surface area contributed by atoms with E-state index >= 15 is 0 Å². The van der Waals surface area contributed by atoms with E-state index in [0.29, 0.717) is 17.4 Å². The lowest BCUT2D eigenvalue weighted by molar-refractivity contribution is -0.121. The van der Waals surface area contributed by atoms with Crippen LogP contribution in [0.15, 0.2) is 59.4 Å². The highest BCUT2D eigenvalue weighted by atomic mass is 35.5. The Bertz CT molecular complexity index is 944. The molecule has 3 N–H and O–H groups in total. The number of anilines is 1. The molecular weight excluding hydrogens is 426 g/mol. The van der Waals surface area contributed by atoms with E-state index in [1.54, 1.807) is 25.4 Å². The largest absolute Gasteiger partial charge is 0.497 e. The second-order valence-electron chi connectivity index (χ2n) is 7.85. The molecule has 2 atom stereocenters. The molecule has 2 aromatic rings. The second-order valence-corrected chi connectivity index (χ2v) is 8.28. The molecular formula is C24H30ClN5O2. The van der Waals surface area contributed by atoms with Crippen LogP contribution in [0, 0.1) is 5.92 Å². The average molecular weight is 456 g/mol. The number of ether oxygens (including phenoxy) is 1. The molecule has 8 heteroatoms. The van der Waals surface area contributed by atoms with Gasteiger partial charge in [0.05, 0.1) is 24.7 Å². The third kappa shape index (κ3) is 6.55.